The largest absolute Gasteiger partial charge is 0.497 e. The zero-order valence-corrected chi connectivity index (χ0v) is 14.5. The van der Waals surface area contributed by atoms with Crippen molar-refractivity contribution in [1.29, 1.82) is 0 Å². The van der Waals surface area contributed by atoms with E-state index in [0.29, 0.717) is 6.10 Å². The van der Waals surface area contributed by atoms with E-state index in [1.54, 1.807) is 14.2 Å². The monoisotopic (exact) mass is 326 g/mol. The van der Waals surface area contributed by atoms with E-state index in [9.17, 15) is 0 Å². The lowest BCUT2D eigenvalue weighted by atomic mass is 9.95. The summed E-state index contributed by atoms with van der Waals surface area (Å²) in [5, 5.41) is 0. The predicted octanol–water partition coefficient (Wildman–Crippen LogP) is 4.95. The van der Waals surface area contributed by atoms with Gasteiger partial charge in [-0.25, -0.2) is 0 Å². The van der Waals surface area contributed by atoms with Crippen molar-refractivity contribution in [3.8, 4) is 11.5 Å². The van der Waals surface area contributed by atoms with Crippen molar-refractivity contribution in [2.45, 2.75) is 44.3 Å². The molecule has 3 nitrogen and oxygen atoms in total. The zero-order valence-electron chi connectivity index (χ0n) is 14.5. The molecule has 0 bridgehead atoms. The fourth-order valence-corrected chi connectivity index (χ4v) is 3.30. The molecule has 0 N–H and O–H groups in total. The van der Waals surface area contributed by atoms with E-state index in [-0.39, 0.29) is 6.10 Å². The van der Waals surface area contributed by atoms with E-state index in [1.165, 1.54) is 17.5 Å². The van der Waals surface area contributed by atoms with E-state index in [0.717, 1.165) is 37.2 Å². The van der Waals surface area contributed by atoms with Crippen LogP contribution in [0.5, 0.6) is 11.5 Å². The standard InChI is InChI=1S/C21H26O3/c1-22-18-11-6-16(7-12-18)8-13-20-4-3-5-21(24-20)17-9-14-19(23-2)15-10-17/h6-7,9-12,14-15,20-21H,3-5,8,13H2,1-2H3. The first-order valence-electron chi connectivity index (χ1n) is 8.71. The predicted molar refractivity (Wildman–Crippen MR) is 95.8 cm³/mol. The van der Waals surface area contributed by atoms with Crippen LogP contribution in [0.2, 0.25) is 0 Å². The Kier molecular flexibility index (Phi) is 5.76. The van der Waals surface area contributed by atoms with Gasteiger partial charge in [0.1, 0.15) is 11.5 Å². The topological polar surface area (TPSA) is 27.7 Å². The van der Waals surface area contributed by atoms with Crippen molar-refractivity contribution in [3.05, 3.63) is 59.7 Å². The number of methoxy groups -OCH3 is 2. The average Bonchev–Trinajstić information content (AvgIpc) is 2.67. The van der Waals surface area contributed by atoms with Crippen molar-refractivity contribution in [2.75, 3.05) is 14.2 Å². The lowest BCUT2D eigenvalue weighted by Crippen LogP contribution is -2.23. The second-order valence-corrected chi connectivity index (χ2v) is 6.34. The first kappa shape index (κ1) is 16.8. The first-order chi connectivity index (χ1) is 11.8. The molecule has 0 amide bonds. The zero-order chi connectivity index (χ0) is 16.8. The molecule has 24 heavy (non-hydrogen) atoms. The molecule has 1 fully saturated rings. The van der Waals surface area contributed by atoms with Gasteiger partial charge in [0.05, 0.1) is 26.4 Å². The van der Waals surface area contributed by atoms with Crippen LogP contribution in [0.4, 0.5) is 0 Å². The van der Waals surface area contributed by atoms with Crippen LogP contribution in [-0.2, 0) is 11.2 Å². The van der Waals surface area contributed by atoms with Gasteiger partial charge < -0.3 is 14.2 Å². The van der Waals surface area contributed by atoms with E-state index in [4.69, 9.17) is 14.2 Å². The summed E-state index contributed by atoms with van der Waals surface area (Å²) in [5.74, 6) is 1.80. The first-order valence-corrected chi connectivity index (χ1v) is 8.71. The van der Waals surface area contributed by atoms with E-state index < -0.39 is 0 Å². The Balaban J connectivity index is 1.54. The highest BCUT2D eigenvalue weighted by Gasteiger charge is 2.23. The molecule has 3 rings (SSSR count). The maximum absolute atomic E-state index is 6.35. The van der Waals surface area contributed by atoms with Gasteiger partial charge in [-0.05, 0) is 67.5 Å². The minimum absolute atomic E-state index is 0.213. The number of hydrogen-bond donors (Lipinski definition) is 0. The molecular formula is C21H26O3. The second-order valence-electron chi connectivity index (χ2n) is 6.34. The number of rotatable bonds is 6. The van der Waals surface area contributed by atoms with Crippen LogP contribution in [0.25, 0.3) is 0 Å². The van der Waals surface area contributed by atoms with Gasteiger partial charge in [-0.15, -0.1) is 0 Å². The second kappa shape index (κ2) is 8.20. The molecule has 2 aromatic rings. The van der Waals surface area contributed by atoms with Crippen molar-refractivity contribution in [1.82, 2.24) is 0 Å². The third-order valence-corrected chi connectivity index (χ3v) is 4.75. The molecule has 1 saturated heterocycles. The van der Waals surface area contributed by atoms with Crippen LogP contribution in [0, 0.1) is 0 Å². The molecular weight excluding hydrogens is 300 g/mol. The highest BCUT2D eigenvalue weighted by atomic mass is 16.5. The van der Waals surface area contributed by atoms with Crippen LogP contribution in [0.3, 0.4) is 0 Å². The number of ether oxygens (including phenoxy) is 3. The normalized spacial score (nSPS) is 20.6. The number of benzene rings is 2. The van der Waals surface area contributed by atoms with Gasteiger partial charge in [0.15, 0.2) is 0 Å². The molecule has 1 heterocycles. The average molecular weight is 326 g/mol. The Hall–Kier alpha value is -2.00. The maximum atomic E-state index is 6.35. The van der Waals surface area contributed by atoms with Gasteiger partial charge in [0.2, 0.25) is 0 Å². The van der Waals surface area contributed by atoms with Gasteiger partial charge in [-0.1, -0.05) is 24.3 Å². The molecule has 1 aliphatic rings. The summed E-state index contributed by atoms with van der Waals surface area (Å²) in [6.07, 6.45) is 6.15. The smallest absolute Gasteiger partial charge is 0.118 e. The Morgan fingerprint density at radius 3 is 2.12 bits per heavy atom. The van der Waals surface area contributed by atoms with Crippen LogP contribution in [0.1, 0.15) is 42.9 Å². The molecule has 0 spiro atoms. The third-order valence-electron chi connectivity index (χ3n) is 4.75. The molecule has 2 aromatic carbocycles. The molecule has 1 aliphatic heterocycles. The minimum Gasteiger partial charge on any atom is -0.497 e. The van der Waals surface area contributed by atoms with Gasteiger partial charge in [-0.3, -0.25) is 0 Å². The molecule has 128 valence electrons. The molecule has 0 radical (unpaired) electrons. The molecule has 0 aliphatic carbocycles. The van der Waals surface area contributed by atoms with E-state index >= 15 is 0 Å². The van der Waals surface area contributed by atoms with Crippen LogP contribution in [-0.4, -0.2) is 20.3 Å². The summed E-state index contributed by atoms with van der Waals surface area (Å²) in [5.41, 5.74) is 2.59. The number of aryl methyl sites for hydroxylation is 1. The summed E-state index contributed by atoms with van der Waals surface area (Å²) in [7, 11) is 3.39. The highest BCUT2D eigenvalue weighted by Crippen LogP contribution is 2.33. The van der Waals surface area contributed by atoms with Crippen LogP contribution in [0.15, 0.2) is 48.5 Å². The van der Waals surface area contributed by atoms with Crippen molar-refractivity contribution in [3.63, 3.8) is 0 Å². The minimum atomic E-state index is 0.213. The fraction of sp³-hybridized carbons (Fsp3) is 0.429. The Bertz CT molecular complexity index is 619. The van der Waals surface area contributed by atoms with Crippen molar-refractivity contribution < 1.29 is 14.2 Å². The van der Waals surface area contributed by atoms with Gasteiger partial charge >= 0.3 is 0 Å². The molecule has 0 saturated carbocycles. The molecule has 3 heteroatoms. The van der Waals surface area contributed by atoms with Crippen molar-refractivity contribution >= 4 is 0 Å². The van der Waals surface area contributed by atoms with Crippen molar-refractivity contribution in [2.24, 2.45) is 0 Å². The maximum Gasteiger partial charge on any atom is 0.118 e. The molecule has 0 aromatic heterocycles. The summed E-state index contributed by atoms with van der Waals surface area (Å²) < 4.78 is 16.8. The number of hydrogen-bond acceptors (Lipinski definition) is 3. The summed E-state index contributed by atoms with van der Waals surface area (Å²) in [6, 6.07) is 16.6. The van der Waals surface area contributed by atoms with Gasteiger partial charge in [0.25, 0.3) is 0 Å². The van der Waals surface area contributed by atoms with E-state index in [2.05, 4.69) is 24.3 Å². The van der Waals surface area contributed by atoms with Gasteiger partial charge in [-0.2, -0.15) is 0 Å². The Morgan fingerprint density at radius 1 is 0.875 bits per heavy atom. The lowest BCUT2D eigenvalue weighted by Gasteiger charge is -2.30. The van der Waals surface area contributed by atoms with E-state index in [1.807, 2.05) is 24.3 Å². The highest BCUT2D eigenvalue weighted by molar-refractivity contribution is 5.29. The fourth-order valence-electron chi connectivity index (χ4n) is 3.30. The quantitative estimate of drug-likeness (QED) is 0.752. The summed E-state index contributed by atoms with van der Waals surface area (Å²) >= 11 is 0. The lowest BCUT2D eigenvalue weighted by molar-refractivity contribution is -0.0546. The van der Waals surface area contributed by atoms with Crippen LogP contribution < -0.4 is 9.47 Å². The molecule has 2 unspecified atom stereocenters. The van der Waals surface area contributed by atoms with Gasteiger partial charge in [0, 0.05) is 0 Å². The Morgan fingerprint density at radius 2 is 1.50 bits per heavy atom. The summed E-state index contributed by atoms with van der Waals surface area (Å²) in [4.78, 5) is 0. The molecule has 2 atom stereocenters. The van der Waals surface area contributed by atoms with Crippen LogP contribution >= 0.6 is 0 Å². The SMILES string of the molecule is COc1ccc(CCC2CCCC(c3ccc(OC)cc3)O2)cc1. The third kappa shape index (κ3) is 4.30. The summed E-state index contributed by atoms with van der Waals surface area (Å²) in [6.45, 7) is 0. The Labute approximate surface area is 144 Å².